The van der Waals surface area contributed by atoms with E-state index < -0.39 is 0 Å². The first-order valence-corrected chi connectivity index (χ1v) is 5.78. The summed E-state index contributed by atoms with van der Waals surface area (Å²) in [4.78, 5) is 13.4. The number of hydrogen-bond acceptors (Lipinski definition) is 1. The molecule has 1 aromatic carbocycles. The second-order valence-corrected chi connectivity index (χ2v) is 4.55. The minimum Gasteiger partial charge on any atom is -0.334 e. The number of halogens is 1. The fourth-order valence-electron chi connectivity index (χ4n) is 2.81. The Morgan fingerprint density at radius 3 is 3.07 bits per heavy atom. The number of likely N-dealkylation sites (tertiary alicyclic amines) is 1. The molecule has 1 heterocycles. The predicted molar refractivity (Wildman–Crippen MR) is 58.8 cm³/mol. The summed E-state index contributed by atoms with van der Waals surface area (Å²) < 4.78 is 0. The standard InChI is InChI=1S/C12H12ClNO/c13-6-11(15)14-7-9-5-8-3-1-2-4-10(8)12(9)14/h1-4,9,12H,5-7H2/t9-,12+/m0/s1. The van der Waals surface area contributed by atoms with Gasteiger partial charge in [0.05, 0.1) is 6.04 Å². The fraction of sp³-hybridized carbons (Fsp3) is 0.417. The summed E-state index contributed by atoms with van der Waals surface area (Å²) in [6, 6.07) is 8.72. The Labute approximate surface area is 93.8 Å². The molecule has 3 heteroatoms. The zero-order valence-electron chi connectivity index (χ0n) is 8.32. The quantitative estimate of drug-likeness (QED) is 0.665. The number of fused-ring (bicyclic) bond motifs is 3. The van der Waals surface area contributed by atoms with Crippen molar-refractivity contribution in [2.45, 2.75) is 12.5 Å². The van der Waals surface area contributed by atoms with Crippen molar-refractivity contribution in [3.63, 3.8) is 0 Å². The highest BCUT2D eigenvalue weighted by Crippen LogP contribution is 2.47. The van der Waals surface area contributed by atoms with Crippen LogP contribution in [0.1, 0.15) is 17.2 Å². The molecule has 1 fully saturated rings. The summed E-state index contributed by atoms with van der Waals surface area (Å²) in [5.74, 6) is 0.801. The van der Waals surface area contributed by atoms with Crippen molar-refractivity contribution >= 4 is 17.5 Å². The fourth-order valence-corrected chi connectivity index (χ4v) is 2.96. The van der Waals surface area contributed by atoms with Gasteiger partial charge in [-0.1, -0.05) is 24.3 Å². The molecule has 0 radical (unpaired) electrons. The highest BCUT2D eigenvalue weighted by atomic mass is 35.5. The number of carbonyl (C=O) groups excluding carboxylic acids is 1. The van der Waals surface area contributed by atoms with Gasteiger partial charge in [-0.3, -0.25) is 4.79 Å². The van der Waals surface area contributed by atoms with E-state index in [0.29, 0.717) is 12.0 Å². The Kier molecular flexibility index (Phi) is 1.99. The summed E-state index contributed by atoms with van der Waals surface area (Å²) in [6.07, 6.45) is 1.12. The Bertz CT molecular complexity index is 418. The van der Waals surface area contributed by atoms with Crippen LogP contribution in [0.3, 0.4) is 0 Å². The zero-order chi connectivity index (χ0) is 10.4. The van der Waals surface area contributed by atoms with Gasteiger partial charge in [0.1, 0.15) is 5.88 Å². The molecule has 0 bridgehead atoms. The summed E-state index contributed by atoms with van der Waals surface area (Å²) in [5.41, 5.74) is 2.73. The zero-order valence-corrected chi connectivity index (χ0v) is 9.07. The molecule has 1 amide bonds. The lowest BCUT2D eigenvalue weighted by Crippen LogP contribution is -2.51. The largest absolute Gasteiger partial charge is 0.334 e. The van der Waals surface area contributed by atoms with Crippen LogP contribution in [-0.2, 0) is 11.2 Å². The summed E-state index contributed by atoms with van der Waals surface area (Å²) >= 11 is 5.59. The van der Waals surface area contributed by atoms with Crippen molar-refractivity contribution in [2.75, 3.05) is 12.4 Å². The molecule has 2 aliphatic rings. The van der Waals surface area contributed by atoms with E-state index in [9.17, 15) is 4.79 Å². The van der Waals surface area contributed by atoms with Crippen LogP contribution >= 0.6 is 11.6 Å². The minimum atomic E-state index is 0.0645. The van der Waals surface area contributed by atoms with E-state index >= 15 is 0 Å². The van der Waals surface area contributed by atoms with E-state index in [1.807, 2.05) is 11.0 Å². The Morgan fingerprint density at radius 2 is 2.27 bits per heavy atom. The molecule has 0 aromatic heterocycles. The molecule has 0 N–H and O–H groups in total. The van der Waals surface area contributed by atoms with Crippen LogP contribution < -0.4 is 0 Å². The van der Waals surface area contributed by atoms with Crippen LogP contribution in [0.4, 0.5) is 0 Å². The molecule has 2 nitrogen and oxygen atoms in total. The van der Waals surface area contributed by atoms with Gasteiger partial charge in [0.2, 0.25) is 5.91 Å². The van der Waals surface area contributed by atoms with Gasteiger partial charge in [-0.2, -0.15) is 0 Å². The average Bonchev–Trinajstić information content (AvgIpc) is 2.51. The third kappa shape index (κ3) is 1.21. The van der Waals surface area contributed by atoms with E-state index in [4.69, 9.17) is 11.6 Å². The van der Waals surface area contributed by atoms with E-state index in [1.54, 1.807) is 0 Å². The van der Waals surface area contributed by atoms with Gasteiger partial charge in [0.25, 0.3) is 0 Å². The van der Waals surface area contributed by atoms with E-state index in [0.717, 1.165) is 13.0 Å². The minimum absolute atomic E-state index is 0.0645. The maximum atomic E-state index is 11.5. The third-order valence-corrected chi connectivity index (χ3v) is 3.73. The third-order valence-electron chi connectivity index (χ3n) is 3.50. The summed E-state index contributed by atoms with van der Waals surface area (Å²) in [5, 5.41) is 0. The van der Waals surface area contributed by atoms with Crippen molar-refractivity contribution in [3.05, 3.63) is 35.4 Å². The highest BCUT2D eigenvalue weighted by molar-refractivity contribution is 6.27. The molecule has 0 saturated carbocycles. The van der Waals surface area contributed by atoms with Crippen LogP contribution in [0.25, 0.3) is 0 Å². The molecule has 1 saturated heterocycles. The molecule has 15 heavy (non-hydrogen) atoms. The highest BCUT2D eigenvalue weighted by Gasteiger charge is 2.46. The first-order chi connectivity index (χ1) is 7.31. The second kappa shape index (κ2) is 3.24. The van der Waals surface area contributed by atoms with Crippen LogP contribution in [0, 0.1) is 5.92 Å². The van der Waals surface area contributed by atoms with Crippen molar-refractivity contribution in [3.8, 4) is 0 Å². The number of rotatable bonds is 1. The number of alkyl halides is 1. The van der Waals surface area contributed by atoms with Crippen molar-refractivity contribution in [2.24, 2.45) is 5.92 Å². The molecule has 0 spiro atoms. The number of benzene rings is 1. The number of nitrogens with zero attached hydrogens (tertiary/aromatic N) is 1. The maximum absolute atomic E-state index is 11.5. The van der Waals surface area contributed by atoms with Gasteiger partial charge >= 0.3 is 0 Å². The van der Waals surface area contributed by atoms with Crippen molar-refractivity contribution in [1.29, 1.82) is 0 Å². The van der Waals surface area contributed by atoms with Crippen molar-refractivity contribution < 1.29 is 4.79 Å². The van der Waals surface area contributed by atoms with E-state index in [1.165, 1.54) is 11.1 Å². The monoisotopic (exact) mass is 221 g/mol. The second-order valence-electron chi connectivity index (χ2n) is 4.29. The van der Waals surface area contributed by atoms with Crippen LogP contribution in [-0.4, -0.2) is 23.2 Å². The predicted octanol–water partition coefficient (Wildman–Crippen LogP) is 1.98. The first kappa shape index (κ1) is 9.22. The molecule has 1 aliphatic carbocycles. The lowest BCUT2D eigenvalue weighted by Gasteiger charge is -2.44. The van der Waals surface area contributed by atoms with Gasteiger partial charge in [-0.25, -0.2) is 0 Å². The van der Waals surface area contributed by atoms with Crippen molar-refractivity contribution in [1.82, 2.24) is 4.90 Å². The average molecular weight is 222 g/mol. The lowest BCUT2D eigenvalue weighted by atomic mass is 9.89. The first-order valence-electron chi connectivity index (χ1n) is 5.24. The number of carbonyl (C=O) groups is 1. The normalized spacial score (nSPS) is 26.9. The van der Waals surface area contributed by atoms with Crippen LogP contribution in [0.15, 0.2) is 24.3 Å². The van der Waals surface area contributed by atoms with Gasteiger partial charge in [0.15, 0.2) is 0 Å². The molecular formula is C12H12ClNO. The topological polar surface area (TPSA) is 20.3 Å². The maximum Gasteiger partial charge on any atom is 0.238 e. The van der Waals surface area contributed by atoms with Gasteiger partial charge in [0, 0.05) is 12.5 Å². The van der Waals surface area contributed by atoms with Gasteiger partial charge < -0.3 is 4.90 Å². The van der Waals surface area contributed by atoms with E-state index in [-0.39, 0.29) is 11.8 Å². The Hall–Kier alpha value is -1.02. The van der Waals surface area contributed by atoms with Crippen LogP contribution in [0.2, 0.25) is 0 Å². The molecule has 2 atom stereocenters. The molecule has 3 rings (SSSR count). The molecule has 1 aliphatic heterocycles. The molecule has 78 valence electrons. The Balaban J connectivity index is 1.92. The number of hydrogen-bond donors (Lipinski definition) is 0. The molecule has 1 aromatic rings. The number of amides is 1. The van der Waals surface area contributed by atoms with Crippen LogP contribution in [0.5, 0.6) is 0 Å². The van der Waals surface area contributed by atoms with E-state index in [2.05, 4.69) is 18.2 Å². The molecule has 0 unspecified atom stereocenters. The van der Waals surface area contributed by atoms with Gasteiger partial charge in [-0.15, -0.1) is 11.6 Å². The van der Waals surface area contributed by atoms with Gasteiger partial charge in [-0.05, 0) is 17.5 Å². The molecular weight excluding hydrogens is 210 g/mol. The smallest absolute Gasteiger partial charge is 0.238 e. The summed E-state index contributed by atoms with van der Waals surface area (Å²) in [6.45, 7) is 0.880. The Morgan fingerprint density at radius 1 is 1.47 bits per heavy atom. The summed E-state index contributed by atoms with van der Waals surface area (Å²) in [7, 11) is 0. The lowest BCUT2D eigenvalue weighted by molar-refractivity contribution is -0.140. The SMILES string of the molecule is O=C(CCl)N1C[C@@H]2Cc3ccccc3[C@@H]21.